The Morgan fingerprint density at radius 3 is 2.64 bits per heavy atom. The highest BCUT2D eigenvalue weighted by Crippen LogP contribution is 2.23. The summed E-state index contributed by atoms with van der Waals surface area (Å²) in [6.07, 6.45) is 2.71. The van der Waals surface area contributed by atoms with Gasteiger partial charge in [-0.05, 0) is 43.2 Å². The summed E-state index contributed by atoms with van der Waals surface area (Å²) in [4.78, 5) is 30.3. The topological polar surface area (TPSA) is 40.6 Å². The van der Waals surface area contributed by atoms with E-state index in [1.54, 1.807) is 4.90 Å². The fourth-order valence-corrected chi connectivity index (χ4v) is 4.01. The van der Waals surface area contributed by atoms with Crippen molar-refractivity contribution in [3.8, 4) is 0 Å². The molecule has 0 N–H and O–H groups in total. The van der Waals surface area contributed by atoms with E-state index < -0.39 is 0 Å². The third-order valence-electron chi connectivity index (χ3n) is 4.69. The van der Waals surface area contributed by atoms with Gasteiger partial charge in [0.15, 0.2) is 0 Å². The van der Waals surface area contributed by atoms with Crippen LogP contribution < -0.4 is 0 Å². The predicted octanol–water partition coefficient (Wildman–Crippen LogP) is 3.79. The minimum Gasteiger partial charge on any atom is -0.337 e. The fraction of sp³-hybridized carbons (Fsp3) is 0.400. The van der Waals surface area contributed by atoms with Gasteiger partial charge in [0.1, 0.15) is 6.04 Å². The summed E-state index contributed by atoms with van der Waals surface area (Å²) in [5.74, 6) is 0.0553. The molecule has 4 nitrogen and oxygen atoms in total. The number of hydrogen-bond acceptors (Lipinski definition) is 3. The molecule has 2 amide bonds. The van der Waals surface area contributed by atoms with Crippen molar-refractivity contribution in [3.63, 3.8) is 0 Å². The van der Waals surface area contributed by atoms with Crippen LogP contribution in [0.2, 0.25) is 0 Å². The molecule has 0 bridgehead atoms. The maximum absolute atomic E-state index is 13.2. The Morgan fingerprint density at radius 1 is 1.16 bits per heavy atom. The molecule has 25 heavy (non-hydrogen) atoms. The number of nitrogens with zero attached hydrogens (tertiary/aromatic N) is 2. The molecular formula is C20H24N2O2S. The number of piperidine rings is 1. The highest BCUT2D eigenvalue weighted by molar-refractivity contribution is 7.12. The van der Waals surface area contributed by atoms with E-state index in [0.29, 0.717) is 24.5 Å². The van der Waals surface area contributed by atoms with Gasteiger partial charge in [-0.3, -0.25) is 9.59 Å². The van der Waals surface area contributed by atoms with Gasteiger partial charge in [-0.2, -0.15) is 0 Å². The monoisotopic (exact) mass is 356 g/mol. The van der Waals surface area contributed by atoms with Crippen LogP contribution in [0, 0.1) is 0 Å². The molecule has 0 radical (unpaired) electrons. The molecule has 1 saturated heterocycles. The number of hydrogen-bond donors (Lipinski definition) is 0. The van der Waals surface area contributed by atoms with Crippen LogP contribution in [0.4, 0.5) is 0 Å². The van der Waals surface area contributed by atoms with Crippen molar-refractivity contribution in [1.82, 2.24) is 9.80 Å². The van der Waals surface area contributed by atoms with Crippen LogP contribution in [-0.4, -0.2) is 40.7 Å². The van der Waals surface area contributed by atoms with Crippen LogP contribution in [0.1, 0.15) is 41.4 Å². The number of carbonyl (C=O) groups is 2. The second kappa shape index (κ2) is 8.30. The minimum atomic E-state index is -0.341. The van der Waals surface area contributed by atoms with Crippen molar-refractivity contribution in [3.05, 3.63) is 58.3 Å². The smallest absolute Gasteiger partial charge is 0.264 e. The van der Waals surface area contributed by atoms with Gasteiger partial charge in [0.25, 0.3) is 5.91 Å². The molecule has 1 aromatic carbocycles. The van der Waals surface area contributed by atoms with Crippen LogP contribution in [-0.2, 0) is 11.3 Å². The molecule has 1 unspecified atom stereocenters. The van der Waals surface area contributed by atoms with E-state index in [1.807, 2.05) is 59.7 Å². The summed E-state index contributed by atoms with van der Waals surface area (Å²) < 4.78 is 0. The molecule has 3 rings (SSSR count). The molecule has 1 atom stereocenters. The first-order valence-electron chi connectivity index (χ1n) is 8.88. The Bertz CT molecular complexity index is 700. The van der Waals surface area contributed by atoms with Gasteiger partial charge >= 0.3 is 0 Å². The summed E-state index contributed by atoms with van der Waals surface area (Å²) in [7, 11) is 0. The second-order valence-corrected chi connectivity index (χ2v) is 7.27. The number of likely N-dealkylation sites (N-methyl/N-ethyl adjacent to an activating group) is 1. The lowest BCUT2D eigenvalue weighted by atomic mass is 10.00. The molecule has 1 fully saturated rings. The van der Waals surface area contributed by atoms with E-state index in [-0.39, 0.29) is 17.9 Å². The molecular weight excluding hydrogens is 332 g/mol. The lowest BCUT2D eigenvalue weighted by molar-refractivity contribution is -0.137. The van der Waals surface area contributed by atoms with Crippen LogP contribution in [0.15, 0.2) is 47.8 Å². The number of rotatable bonds is 5. The van der Waals surface area contributed by atoms with E-state index in [1.165, 1.54) is 11.3 Å². The molecule has 2 heterocycles. The molecule has 5 heteroatoms. The van der Waals surface area contributed by atoms with Gasteiger partial charge in [-0.15, -0.1) is 11.3 Å². The number of benzene rings is 1. The van der Waals surface area contributed by atoms with E-state index >= 15 is 0 Å². The maximum atomic E-state index is 13.2. The van der Waals surface area contributed by atoms with Gasteiger partial charge in [0.2, 0.25) is 5.91 Å². The van der Waals surface area contributed by atoms with Crippen molar-refractivity contribution in [2.45, 2.75) is 38.8 Å². The SMILES string of the molecule is CCN(Cc1ccccc1)C(=O)C1CCCCN1C(=O)c1cccs1. The quantitative estimate of drug-likeness (QED) is 0.818. The minimum absolute atomic E-state index is 0.0104. The highest BCUT2D eigenvalue weighted by Gasteiger charge is 2.35. The van der Waals surface area contributed by atoms with Gasteiger partial charge < -0.3 is 9.80 Å². The Balaban J connectivity index is 1.76. The predicted molar refractivity (Wildman–Crippen MR) is 101 cm³/mol. The van der Waals surface area contributed by atoms with Crippen molar-refractivity contribution in [2.75, 3.05) is 13.1 Å². The third-order valence-corrected chi connectivity index (χ3v) is 5.55. The molecule has 1 aliphatic heterocycles. The van der Waals surface area contributed by atoms with Crippen LogP contribution in [0.5, 0.6) is 0 Å². The maximum Gasteiger partial charge on any atom is 0.264 e. The van der Waals surface area contributed by atoms with Crippen molar-refractivity contribution < 1.29 is 9.59 Å². The molecule has 2 aromatic rings. The third kappa shape index (κ3) is 4.10. The normalized spacial score (nSPS) is 17.3. The number of amides is 2. The Labute approximate surface area is 153 Å². The zero-order valence-corrected chi connectivity index (χ0v) is 15.4. The Morgan fingerprint density at radius 2 is 1.96 bits per heavy atom. The standard InChI is InChI=1S/C20H24N2O2S/c1-2-21(15-16-9-4-3-5-10-16)19(23)17-11-6-7-13-22(17)20(24)18-12-8-14-25-18/h3-5,8-10,12,14,17H,2,6-7,11,13,15H2,1H3. The molecule has 132 valence electrons. The second-order valence-electron chi connectivity index (χ2n) is 6.33. The fourth-order valence-electron chi connectivity index (χ4n) is 3.33. The zero-order chi connectivity index (χ0) is 17.6. The average molecular weight is 356 g/mol. The summed E-state index contributed by atoms with van der Waals surface area (Å²) in [5, 5.41) is 1.90. The van der Waals surface area contributed by atoms with Gasteiger partial charge in [-0.1, -0.05) is 36.4 Å². The lowest BCUT2D eigenvalue weighted by Crippen LogP contribution is -2.52. The summed E-state index contributed by atoms with van der Waals surface area (Å²) in [6, 6.07) is 13.4. The van der Waals surface area contributed by atoms with Gasteiger partial charge in [0.05, 0.1) is 4.88 Å². The van der Waals surface area contributed by atoms with Crippen molar-refractivity contribution in [1.29, 1.82) is 0 Å². The van der Waals surface area contributed by atoms with Crippen molar-refractivity contribution in [2.24, 2.45) is 0 Å². The average Bonchev–Trinajstić information content (AvgIpc) is 3.20. The van der Waals surface area contributed by atoms with E-state index in [4.69, 9.17) is 0 Å². The first-order valence-corrected chi connectivity index (χ1v) is 9.76. The summed E-state index contributed by atoms with van der Waals surface area (Å²) >= 11 is 1.44. The van der Waals surface area contributed by atoms with E-state index in [2.05, 4.69) is 0 Å². The molecule has 1 aromatic heterocycles. The molecule has 0 spiro atoms. The van der Waals surface area contributed by atoms with Gasteiger partial charge in [-0.25, -0.2) is 0 Å². The molecule has 1 aliphatic rings. The van der Waals surface area contributed by atoms with Crippen molar-refractivity contribution >= 4 is 23.2 Å². The Hall–Kier alpha value is -2.14. The first-order chi connectivity index (χ1) is 12.2. The largest absolute Gasteiger partial charge is 0.337 e. The number of likely N-dealkylation sites (tertiary alicyclic amines) is 1. The number of carbonyl (C=O) groups excluding carboxylic acids is 2. The summed E-state index contributed by atoms with van der Waals surface area (Å²) in [5.41, 5.74) is 1.12. The zero-order valence-electron chi connectivity index (χ0n) is 14.6. The summed E-state index contributed by atoms with van der Waals surface area (Å²) in [6.45, 7) is 3.89. The number of thiophene rings is 1. The van der Waals surface area contributed by atoms with Crippen LogP contribution in [0.25, 0.3) is 0 Å². The lowest BCUT2D eigenvalue weighted by Gasteiger charge is -2.37. The van der Waals surface area contributed by atoms with Crippen LogP contribution >= 0.6 is 11.3 Å². The Kier molecular flexibility index (Phi) is 5.87. The van der Waals surface area contributed by atoms with E-state index in [0.717, 1.165) is 24.8 Å². The first kappa shape index (κ1) is 17.7. The molecule has 0 aliphatic carbocycles. The van der Waals surface area contributed by atoms with E-state index in [9.17, 15) is 9.59 Å². The highest BCUT2D eigenvalue weighted by atomic mass is 32.1. The molecule has 0 saturated carbocycles. The van der Waals surface area contributed by atoms with Crippen LogP contribution in [0.3, 0.4) is 0 Å². The van der Waals surface area contributed by atoms with Gasteiger partial charge in [0, 0.05) is 19.6 Å².